The third kappa shape index (κ3) is 8.43. The lowest BCUT2D eigenvalue weighted by Crippen LogP contribution is -2.53. The van der Waals surface area contributed by atoms with Crippen molar-refractivity contribution in [3.63, 3.8) is 0 Å². The number of aliphatic hydroxyl groups is 1. The van der Waals surface area contributed by atoms with E-state index in [0.717, 1.165) is 5.56 Å². The summed E-state index contributed by atoms with van der Waals surface area (Å²) in [6.07, 6.45) is -0.307. The SMILES string of the molecule is CC(C)CN(C[C@@H](O)[C@H](Cc1ccccc1)NC(=O)OC(C)(C)C)C1CC(C)(C)NC1=O. The molecular weight excluding hydrogens is 406 g/mol. The Labute approximate surface area is 192 Å². The zero-order chi connectivity index (χ0) is 24.1. The molecule has 7 nitrogen and oxygen atoms in total. The zero-order valence-electron chi connectivity index (χ0n) is 20.6. The Balaban J connectivity index is 2.19. The van der Waals surface area contributed by atoms with Crippen molar-refractivity contribution in [1.82, 2.24) is 15.5 Å². The lowest BCUT2D eigenvalue weighted by Gasteiger charge is -2.34. The highest BCUT2D eigenvalue weighted by Gasteiger charge is 2.41. The zero-order valence-corrected chi connectivity index (χ0v) is 20.6. The minimum Gasteiger partial charge on any atom is -0.444 e. The smallest absolute Gasteiger partial charge is 0.407 e. The summed E-state index contributed by atoms with van der Waals surface area (Å²) in [6.45, 7) is 14.6. The first-order valence-corrected chi connectivity index (χ1v) is 11.5. The van der Waals surface area contributed by atoms with Crippen LogP contribution in [0.2, 0.25) is 0 Å². The molecule has 3 atom stereocenters. The van der Waals surface area contributed by atoms with E-state index < -0.39 is 23.8 Å². The average molecular weight is 448 g/mol. The Morgan fingerprint density at radius 2 is 1.88 bits per heavy atom. The first-order chi connectivity index (χ1) is 14.8. The molecule has 2 rings (SSSR count). The van der Waals surface area contributed by atoms with Crippen molar-refractivity contribution in [3.8, 4) is 0 Å². The fraction of sp³-hybridized carbons (Fsp3) is 0.680. The van der Waals surface area contributed by atoms with Gasteiger partial charge < -0.3 is 20.5 Å². The van der Waals surface area contributed by atoms with Gasteiger partial charge in [0.1, 0.15) is 5.60 Å². The van der Waals surface area contributed by atoms with Crippen molar-refractivity contribution in [2.75, 3.05) is 13.1 Å². The van der Waals surface area contributed by atoms with Crippen LogP contribution in [-0.4, -0.2) is 64.4 Å². The third-order valence-electron chi connectivity index (χ3n) is 5.39. The van der Waals surface area contributed by atoms with E-state index in [2.05, 4.69) is 24.5 Å². The number of alkyl carbamates (subject to hydrolysis) is 1. The summed E-state index contributed by atoms with van der Waals surface area (Å²) in [7, 11) is 0. The monoisotopic (exact) mass is 447 g/mol. The number of aliphatic hydroxyl groups excluding tert-OH is 1. The van der Waals surface area contributed by atoms with Gasteiger partial charge in [-0.2, -0.15) is 0 Å². The molecule has 0 spiro atoms. The fourth-order valence-electron chi connectivity index (χ4n) is 4.11. The van der Waals surface area contributed by atoms with Gasteiger partial charge in [0.2, 0.25) is 5.91 Å². The van der Waals surface area contributed by atoms with E-state index in [9.17, 15) is 14.7 Å². The Hall–Kier alpha value is -2.12. The number of amides is 2. The quantitative estimate of drug-likeness (QED) is 0.541. The van der Waals surface area contributed by atoms with Crippen molar-refractivity contribution in [1.29, 1.82) is 0 Å². The molecule has 1 aromatic carbocycles. The molecule has 2 amide bonds. The second-order valence-electron chi connectivity index (χ2n) is 11.0. The number of nitrogens with one attached hydrogen (secondary N) is 2. The van der Waals surface area contributed by atoms with E-state index in [1.807, 2.05) is 49.1 Å². The van der Waals surface area contributed by atoms with Crippen LogP contribution in [0, 0.1) is 5.92 Å². The number of hydrogen-bond acceptors (Lipinski definition) is 5. The Kier molecular flexibility index (Phi) is 8.71. The van der Waals surface area contributed by atoms with E-state index in [0.29, 0.717) is 25.3 Å². The molecule has 7 heteroatoms. The molecule has 3 N–H and O–H groups in total. The number of benzene rings is 1. The summed E-state index contributed by atoms with van der Waals surface area (Å²) in [5.41, 5.74) is 0.0895. The molecule has 1 heterocycles. The first kappa shape index (κ1) is 26.1. The topological polar surface area (TPSA) is 90.9 Å². The maximum Gasteiger partial charge on any atom is 0.407 e. The predicted octanol–water partition coefficient (Wildman–Crippen LogP) is 3.11. The summed E-state index contributed by atoms with van der Waals surface area (Å²) in [6, 6.07) is 8.87. The average Bonchev–Trinajstić information content (AvgIpc) is 2.92. The second kappa shape index (κ2) is 10.7. The standard InChI is InChI=1S/C25H41N3O4/c1-17(2)15-28(20-14-25(6,7)27-22(20)30)16-21(29)19(13-18-11-9-8-10-12-18)26-23(31)32-24(3,4)5/h8-12,17,19-21,29H,13-16H2,1-7H3,(H,26,31)(H,27,30)/t19-,20?,21+/m0/s1. The van der Waals surface area contributed by atoms with Crippen LogP contribution in [-0.2, 0) is 16.0 Å². The summed E-state index contributed by atoms with van der Waals surface area (Å²) in [4.78, 5) is 27.2. The van der Waals surface area contributed by atoms with Crippen molar-refractivity contribution in [2.24, 2.45) is 5.92 Å². The van der Waals surface area contributed by atoms with Gasteiger partial charge in [-0.3, -0.25) is 9.69 Å². The van der Waals surface area contributed by atoms with E-state index in [4.69, 9.17) is 4.74 Å². The molecule has 1 aliphatic rings. The van der Waals surface area contributed by atoms with Gasteiger partial charge in [-0.05, 0) is 58.9 Å². The largest absolute Gasteiger partial charge is 0.444 e. The number of hydrogen-bond donors (Lipinski definition) is 3. The highest BCUT2D eigenvalue weighted by molar-refractivity contribution is 5.85. The summed E-state index contributed by atoms with van der Waals surface area (Å²) >= 11 is 0. The van der Waals surface area contributed by atoms with E-state index in [1.165, 1.54) is 0 Å². The molecule has 32 heavy (non-hydrogen) atoms. The van der Waals surface area contributed by atoms with Gasteiger partial charge in [0.25, 0.3) is 0 Å². The molecule has 1 saturated heterocycles. The van der Waals surface area contributed by atoms with Gasteiger partial charge in [0, 0.05) is 18.6 Å². The van der Waals surface area contributed by atoms with Gasteiger partial charge in [-0.15, -0.1) is 0 Å². The molecular formula is C25H41N3O4. The lowest BCUT2D eigenvalue weighted by atomic mass is 9.97. The van der Waals surface area contributed by atoms with Crippen molar-refractivity contribution >= 4 is 12.0 Å². The summed E-state index contributed by atoms with van der Waals surface area (Å²) in [5, 5.41) is 17.1. The minimum absolute atomic E-state index is 0.0115. The highest BCUT2D eigenvalue weighted by atomic mass is 16.6. The molecule has 0 aliphatic carbocycles. The molecule has 1 aliphatic heterocycles. The van der Waals surface area contributed by atoms with Gasteiger partial charge in [-0.25, -0.2) is 4.79 Å². The number of carbonyl (C=O) groups excluding carboxylic acids is 2. The molecule has 0 aromatic heterocycles. The predicted molar refractivity (Wildman–Crippen MR) is 126 cm³/mol. The second-order valence-corrected chi connectivity index (χ2v) is 11.0. The Morgan fingerprint density at radius 3 is 2.38 bits per heavy atom. The molecule has 0 radical (unpaired) electrons. The van der Waals surface area contributed by atoms with E-state index in [-0.39, 0.29) is 24.0 Å². The van der Waals surface area contributed by atoms with Crippen LogP contribution in [0.25, 0.3) is 0 Å². The van der Waals surface area contributed by atoms with Crippen LogP contribution in [0.15, 0.2) is 30.3 Å². The van der Waals surface area contributed by atoms with Crippen LogP contribution < -0.4 is 10.6 Å². The number of ether oxygens (including phenoxy) is 1. The highest BCUT2D eigenvalue weighted by Crippen LogP contribution is 2.25. The molecule has 1 unspecified atom stereocenters. The van der Waals surface area contributed by atoms with Gasteiger partial charge >= 0.3 is 6.09 Å². The van der Waals surface area contributed by atoms with Crippen molar-refractivity contribution in [3.05, 3.63) is 35.9 Å². The lowest BCUT2D eigenvalue weighted by molar-refractivity contribution is -0.124. The van der Waals surface area contributed by atoms with Gasteiger partial charge in [-0.1, -0.05) is 44.2 Å². The maximum atomic E-state index is 12.7. The van der Waals surface area contributed by atoms with Crippen LogP contribution >= 0.6 is 0 Å². The normalized spacial score (nSPS) is 20.2. The Morgan fingerprint density at radius 1 is 1.25 bits per heavy atom. The molecule has 180 valence electrons. The van der Waals surface area contributed by atoms with Crippen molar-refractivity contribution < 1.29 is 19.4 Å². The molecule has 1 fully saturated rings. The van der Waals surface area contributed by atoms with Crippen LogP contribution in [0.1, 0.15) is 60.5 Å². The summed E-state index contributed by atoms with van der Waals surface area (Å²) in [5.74, 6) is 0.313. The van der Waals surface area contributed by atoms with E-state index in [1.54, 1.807) is 20.8 Å². The first-order valence-electron chi connectivity index (χ1n) is 11.5. The van der Waals surface area contributed by atoms with Crippen LogP contribution in [0.4, 0.5) is 4.79 Å². The maximum absolute atomic E-state index is 12.7. The number of nitrogens with zero attached hydrogens (tertiary/aromatic N) is 1. The fourth-order valence-corrected chi connectivity index (χ4v) is 4.11. The van der Waals surface area contributed by atoms with Crippen LogP contribution in [0.5, 0.6) is 0 Å². The number of rotatable bonds is 9. The third-order valence-corrected chi connectivity index (χ3v) is 5.39. The Bertz CT molecular complexity index is 758. The van der Waals surface area contributed by atoms with E-state index >= 15 is 0 Å². The minimum atomic E-state index is -0.877. The van der Waals surface area contributed by atoms with Gasteiger partial charge in [0.15, 0.2) is 0 Å². The number of carbonyl (C=O) groups is 2. The summed E-state index contributed by atoms with van der Waals surface area (Å²) < 4.78 is 5.43. The molecule has 1 aromatic rings. The molecule has 0 bridgehead atoms. The van der Waals surface area contributed by atoms with Crippen LogP contribution in [0.3, 0.4) is 0 Å². The van der Waals surface area contributed by atoms with Gasteiger partial charge in [0.05, 0.1) is 18.2 Å². The molecule has 0 saturated carbocycles. The van der Waals surface area contributed by atoms with Crippen molar-refractivity contribution in [2.45, 2.75) is 90.6 Å².